The van der Waals surface area contributed by atoms with E-state index in [1.807, 2.05) is 0 Å². The van der Waals surface area contributed by atoms with Crippen LogP contribution in [-0.4, -0.2) is 11.2 Å². The summed E-state index contributed by atoms with van der Waals surface area (Å²) in [5.41, 5.74) is 0.991. The van der Waals surface area contributed by atoms with Crippen molar-refractivity contribution in [2.45, 2.75) is 38.7 Å². The van der Waals surface area contributed by atoms with Gasteiger partial charge in [-0.3, -0.25) is 0 Å². The predicted octanol–water partition coefficient (Wildman–Crippen LogP) is 3.93. The van der Waals surface area contributed by atoms with E-state index >= 15 is 0 Å². The van der Waals surface area contributed by atoms with E-state index in [-0.39, 0.29) is 11.9 Å². The van der Waals surface area contributed by atoms with Crippen molar-refractivity contribution < 1.29 is 9.50 Å². The predicted molar refractivity (Wildman–Crippen MR) is 70.3 cm³/mol. The van der Waals surface area contributed by atoms with Crippen LogP contribution in [0.25, 0.3) is 0 Å². The fourth-order valence-electron chi connectivity index (χ4n) is 2.81. The van der Waals surface area contributed by atoms with Gasteiger partial charge in [0.15, 0.2) is 0 Å². The van der Waals surface area contributed by atoms with Gasteiger partial charge in [0, 0.05) is 0 Å². The van der Waals surface area contributed by atoms with Gasteiger partial charge < -0.3 is 5.11 Å². The molecule has 1 aromatic rings. The Bertz CT molecular complexity index is 394. The number of aliphatic hydroxyl groups is 1. The van der Waals surface area contributed by atoms with Gasteiger partial charge in [-0.05, 0) is 58.3 Å². The molecule has 0 saturated heterocycles. The molecule has 0 aliphatic heterocycles. The summed E-state index contributed by atoms with van der Waals surface area (Å²) in [6, 6.07) is 4.96. The van der Waals surface area contributed by atoms with Gasteiger partial charge in [0.25, 0.3) is 0 Å². The first kappa shape index (κ1) is 13.0. The minimum Gasteiger partial charge on any atom is -0.392 e. The lowest BCUT2D eigenvalue weighted by atomic mass is 9.89. The fraction of sp³-hybridized carbons (Fsp3) is 0.571. The molecule has 0 heterocycles. The third-order valence-electron chi connectivity index (χ3n) is 3.85. The van der Waals surface area contributed by atoms with Gasteiger partial charge >= 0.3 is 0 Å². The Morgan fingerprint density at radius 3 is 2.82 bits per heavy atom. The van der Waals surface area contributed by atoms with Gasteiger partial charge in [0.05, 0.1) is 10.6 Å². The zero-order valence-electron chi connectivity index (χ0n) is 10.00. The summed E-state index contributed by atoms with van der Waals surface area (Å²) in [4.78, 5) is 0. The van der Waals surface area contributed by atoms with E-state index in [4.69, 9.17) is 0 Å². The molecule has 3 unspecified atom stereocenters. The van der Waals surface area contributed by atoms with Crippen LogP contribution in [0.2, 0.25) is 0 Å². The molecule has 1 aromatic carbocycles. The van der Waals surface area contributed by atoms with Crippen molar-refractivity contribution in [2.24, 2.45) is 11.8 Å². The molecule has 0 aromatic heterocycles. The van der Waals surface area contributed by atoms with Gasteiger partial charge in [0.2, 0.25) is 0 Å². The van der Waals surface area contributed by atoms with Crippen LogP contribution in [0.4, 0.5) is 4.39 Å². The summed E-state index contributed by atoms with van der Waals surface area (Å²) in [6.07, 6.45) is 3.87. The normalized spacial score (nSPS) is 26.1. The van der Waals surface area contributed by atoms with Crippen molar-refractivity contribution in [1.82, 2.24) is 0 Å². The zero-order valence-corrected chi connectivity index (χ0v) is 11.6. The summed E-state index contributed by atoms with van der Waals surface area (Å²) < 4.78 is 13.6. The number of rotatable bonds is 3. The molecule has 17 heavy (non-hydrogen) atoms. The number of aliphatic hydroxyl groups excluding tert-OH is 1. The molecule has 1 aliphatic rings. The highest BCUT2D eigenvalue weighted by Gasteiger charge is 2.29. The molecule has 0 radical (unpaired) electrons. The van der Waals surface area contributed by atoms with E-state index in [0.717, 1.165) is 12.0 Å². The molecule has 3 atom stereocenters. The number of hydrogen-bond acceptors (Lipinski definition) is 1. The van der Waals surface area contributed by atoms with Crippen LogP contribution in [0.5, 0.6) is 0 Å². The molecule has 2 rings (SSSR count). The minimum atomic E-state index is -0.301. The quantitative estimate of drug-likeness (QED) is 0.897. The highest BCUT2D eigenvalue weighted by Crippen LogP contribution is 2.34. The summed E-state index contributed by atoms with van der Waals surface area (Å²) in [5.74, 6) is 0.755. The van der Waals surface area contributed by atoms with Crippen LogP contribution in [-0.2, 0) is 6.42 Å². The van der Waals surface area contributed by atoms with Crippen LogP contribution >= 0.6 is 15.9 Å². The van der Waals surface area contributed by atoms with Crippen LogP contribution in [0.3, 0.4) is 0 Å². The van der Waals surface area contributed by atoms with Crippen molar-refractivity contribution >= 4 is 15.9 Å². The van der Waals surface area contributed by atoms with E-state index in [9.17, 15) is 9.50 Å². The van der Waals surface area contributed by atoms with E-state index in [1.54, 1.807) is 12.1 Å². The molecule has 1 aliphatic carbocycles. The largest absolute Gasteiger partial charge is 0.392 e. The SMILES string of the molecule is CC1CCCC1C(O)Cc1ccc(F)c(Br)c1. The zero-order chi connectivity index (χ0) is 12.4. The lowest BCUT2D eigenvalue weighted by molar-refractivity contribution is 0.0901. The van der Waals surface area contributed by atoms with E-state index in [1.165, 1.54) is 18.9 Å². The average molecular weight is 301 g/mol. The van der Waals surface area contributed by atoms with Gasteiger partial charge in [0.1, 0.15) is 5.82 Å². The molecule has 1 N–H and O–H groups in total. The number of benzene rings is 1. The maximum atomic E-state index is 13.1. The van der Waals surface area contributed by atoms with Gasteiger partial charge in [-0.2, -0.15) is 0 Å². The van der Waals surface area contributed by atoms with Crippen molar-refractivity contribution in [3.8, 4) is 0 Å². The van der Waals surface area contributed by atoms with Crippen LogP contribution in [0.1, 0.15) is 31.7 Å². The lowest BCUT2D eigenvalue weighted by Crippen LogP contribution is -2.24. The molecular weight excluding hydrogens is 283 g/mol. The van der Waals surface area contributed by atoms with Crippen molar-refractivity contribution in [3.63, 3.8) is 0 Å². The Labute approximate surface area is 110 Å². The Morgan fingerprint density at radius 2 is 2.24 bits per heavy atom. The van der Waals surface area contributed by atoms with Crippen molar-refractivity contribution in [3.05, 3.63) is 34.1 Å². The van der Waals surface area contributed by atoms with Crippen LogP contribution in [0, 0.1) is 17.7 Å². The summed E-state index contributed by atoms with van der Waals surface area (Å²) >= 11 is 3.17. The van der Waals surface area contributed by atoms with Crippen molar-refractivity contribution in [2.75, 3.05) is 0 Å². The molecule has 0 bridgehead atoms. The number of hydrogen-bond donors (Lipinski definition) is 1. The highest BCUT2D eigenvalue weighted by atomic mass is 79.9. The first-order valence-corrected chi connectivity index (χ1v) is 6.99. The average Bonchev–Trinajstić information content (AvgIpc) is 2.70. The van der Waals surface area contributed by atoms with Crippen molar-refractivity contribution in [1.29, 1.82) is 0 Å². The molecule has 0 amide bonds. The second kappa shape index (κ2) is 5.49. The third-order valence-corrected chi connectivity index (χ3v) is 4.46. The van der Waals surface area contributed by atoms with E-state index < -0.39 is 0 Å². The Morgan fingerprint density at radius 1 is 1.47 bits per heavy atom. The van der Waals surface area contributed by atoms with E-state index in [2.05, 4.69) is 22.9 Å². The van der Waals surface area contributed by atoms with E-state index in [0.29, 0.717) is 22.7 Å². The Kier molecular flexibility index (Phi) is 4.21. The topological polar surface area (TPSA) is 20.2 Å². The van der Waals surface area contributed by atoms with Gasteiger partial charge in [-0.25, -0.2) is 4.39 Å². The number of halogens is 2. The standard InChI is InChI=1S/C14H18BrFO/c1-9-3-2-4-11(9)14(17)8-10-5-6-13(16)12(15)7-10/h5-7,9,11,14,17H,2-4,8H2,1H3. The molecule has 94 valence electrons. The molecular formula is C14H18BrFO. The molecule has 3 heteroatoms. The molecule has 1 saturated carbocycles. The lowest BCUT2D eigenvalue weighted by Gasteiger charge is -2.22. The Hall–Kier alpha value is -0.410. The second-order valence-electron chi connectivity index (χ2n) is 5.09. The van der Waals surface area contributed by atoms with Gasteiger partial charge in [-0.15, -0.1) is 0 Å². The summed E-state index contributed by atoms with van der Waals surface area (Å²) in [6.45, 7) is 2.21. The summed E-state index contributed by atoms with van der Waals surface area (Å²) in [5, 5.41) is 10.2. The minimum absolute atomic E-state index is 0.252. The molecule has 1 nitrogen and oxygen atoms in total. The maximum Gasteiger partial charge on any atom is 0.137 e. The van der Waals surface area contributed by atoms with Gasteiger partial charge in [-0.1, -0.05) is 25.8 Å². The molecule has 1 fully saturated rings. The third kappa shape index (κ3) is 3.08. The smallest absolute Gasteiger partial charge is 0.137 e. The monoisotopic (exact) mass is 300 g/mol. The maximum absolute atomic E-state index is 13.1. The first-order valence-electron chi connectivity index (χ1n) is 6.20. The van der Waals surface area contributed by atoms with Crippen LogP contribution < -0.4 is 0 Å². The molecule has 0 spiro atoms. The first-order chi connectivity index (χ1) is 8.08. The highest BCUT2D eigenvalue weighted by molar-refractivity contribution is 9.10. The second-order valence-corrected chi connectivity index (χ2v) is 5.95. The Balaban J connectivity index is 2.02. The fourth-order valence-corrected chi connectivity index (χ4v) is 3.23. The summed E-state index contributed by atoms with van der Waals surface area (Å²) in [7, 11) is 0. The van der Waals surface area contributed by atoms with Crippen LogP contribution in [0.15, 0.2) is 22.7 Å².